The maximum absolute atomic E-state index is 13.3. The summed E-state index contributed by atoms with van der Waals surface area (Å²) in [4.78, 5) is 13.3. The van der Waals surface area contributed by atoms with Gasteiger partial charge in [-0.2, -0.15) is 0 Å². The van der Waals surface area contributed by atoms with Gasteiger partial charge in [-0.3, -0.25) is 9.80 Å². The first-order valence-corrected chi connectivity index (χ1v) is 10.2. The summed E-state index contributed by atoms with van der Waals surface area (Å²) in [6, 6.07) is 19.2. The van der Waals surface area contributed by atoms with Gasteiger partial charge in [-0.25, -0.2) is 5.01 Å². The molecule has 1 unspecified atom stereocenters. The van der Waals surface area contributed by atoms with Crippen LogP contribution in [0, 0.1) is 5.92 Å². The number of nitrogens with zero attached hydrogens (tertiary/aromatic N) is 2. The molecule has 1 aliphatic carbocycles. The number of hydrogen-bond acceptors (Lipinski definition) is 2. The Labute approximate surface area is 161 Å². The summed E-state index contributed by atoms with van der Waals surface area (Å²) < 4.78 is 0. The fourth-order valence-corrected chi connectivity index (χ4v) is 5.12. The molecule has 3 aliphatic rings. The third kappa shape index (κ3) is 2.52. The van der Waals surface area contributed by atoms with Gasteiger partial charge < -0.3 is 0 Å². The highest BCUT2D eigenvalue weighted by atomic mass is 16.2. The molecule has 1 spiro atoms. The van der Waals surface area contributed by atoms with E-state index in [9.17, 15) is 4.79 Å². The van der Waals surface area contributed by atoms with E-state index in [1.165, 1.54) is 36.0 Å². The van der Waals surface area contributed by atoms with Crippen molar-refractivity contribution in [1.29, 1.82) is 0 Å². The average Bonchev–Trinajstić information content (AvgIpc) is 2.97. The van der Waals surface area contributed by atoms with Crippen molar-refractivity contribution in [2.75, 3.05) is 11.6 Å². The molecule has 1 saturated heterocycles. The minimum atomic E-state index is -0.204. The van der Waals surface area contributed by atoms with Gasteiger partial charge in [-0.05, 0) is 36.1 Å². The van der Waals surface area contributed by atoms with Gasteiger partial charge in [-0.15, -0.1) is 0 Å². The number of fused-ring (bicyclic) bond motifs is 4. The maximum atomic E-state index is 13.3. The summed E-state index contributed by atoms with van der Waals surface area (Å²) in [5.74, 6) is 0.320. The Morgan fingerprint density at radius 2 is 1.63 bits per heavy atom. The van der Waals surface area contributed by atoms with Crippen LogP contribution in [0.4, 0.5) is 5.69 Å². The molecule has 0 N–H and O–H groups in total. The lowest BCUT2D eigenvalue weighted by atomic mass is 9.78. The SMILES string of the molecule is CC1CN2c3ccccc3C(c3ccccc3)=CC3(CCCCC3)N2C1=O. The first-order chi connectivity index (χ1) is 13.2. The molecule has 2 aromatic carbocycles. The summed E-state index contributed by atoms with van der Waals surface area (Å²) in [5, 5.41) is 4.41. The van der Waals surface area contributed by atoms with E-state index in [-0.39, 0.29) is 17.4 Å². The average molecular weight is 358 g/mol. The van der Waals surface area contributed by atoms with E-state index in [0.717, 1.165) is 25.1 Å². The van der Waals surface area contributed by atoms with Crippen LogP contribution in [0.5, 0.6) is 0 Å². The number of carbonyl (C=O) groups excluding carboxylic acids is 1. The normalized spacial score (nSPS) is 23.7. The van der Waals surface area contributed by atoms with Crippen molar-refractivity contribution in [2.24, 2.45) is 5.92 Å². The van der Waals surface area contributed by atoms with E-state index < -0.39 is 0 Å². The van der Waals surface area contributed by atoms with Crippen molar-refractivity contribution in [3.63, 3.8) is 0 Å². The molecule has 0 bridgehead atoms. The van der Waals surface area contributed by atoms with Crippen LogP contribution in [0.3, 0.4) is 0 Å². The molecule has 1 amide bonds. The molecule has 27 heavy (non-hydrogen) atoms. The zero-order valence-corrected chi connectivity index (χ0v) is 15.9. The predicted octanol–water partition coefficient (Wildman–Crippen LogP) is 5.03. The summed E-state index contributed by atoms with van der Waals surface area (Å²) in [7, 11) is 0. The molecule has 0 radical (unpaired) electrons. The number of carbonyl (C=O) groups is 1. The largest absolute Gasteiger partial charge is 0.281 e. The summed E-state index contributed by atoms with van der Waals surface area (Å²) >= 11 is 0. The number of para-hydroxylation sites is 1. The standard InChI is InChI=1S/C24H26N2O/c1-18-17-25-22-13-7-6-12-20(22)21(19-10-4-2-5-11-19)16-24(26(25)23(18)27)14-8-3-9-15-24/h2,4-7,10-13,16,18H,3,8-9,14-15,17H2,1H3. The van der Waals surface area contributed by atoms with Crippen molar-refractivity contribution < 1.29 is 4.79 Å². The third-order valence-electron chi connectivity index (χ3n) is 6.43. The van der Waals surface area contributed by atoms with E-state index in [1.54, 1.807) is 0 Å². The first-order valence-electron chi connectivity index (χ1n) is 10.2. The van der Waals surface area contributed by atoms with Crippen LogP contribution in [-0.2, 0) is 4.79 Å². The Kier molecular flexibility index (Phi) is 3.85. The van der Waals surface area contributed by atoms with Gasteiger partial charge in [0.2, 0.25) is 5.91 Å². The molecular formula is C24H26N2O. The molecule has 138 valence electrons. The van der Waals surface area contributed by atoms with Crippen molar-refractivity contribution in [1.82, 2.24) is 5.01 Å². The quantitative estimate of drug-likeness (QED) is 0.713. The molecule has 2 aromatic rings. The zero-order chi connectivity index (χ0) is 18.4. The minimum Gasteiger partial charge on any atom is -0.281 e. The minimum absolute atomic E-state index is 0.0449. The fourth-order valence-electron chi connectivity index (χ4n) is 5.12. The molecular weight excluding hydrogens is 332 g/mol. The maximum Gasteiger partial charge on any atom is 0.246 e. The van der Waals surface area contributed by atoms with Gasteiger partial charge in [0.05, 0.1) is 23.7 Å². The van der Waals surface area contributed by atoms with Crippen LogP contribution < -0.4 is 5.01 Å². The fraction of sp³-hybridized carbons (Fsp3) is 0.375. The lowest BCUT2D eigenvalue weighted by Gasteiger charge is -2.46. The number of rotatable bonds is 1. The molecule has 3 heteroatoms. The second-order valence-electron chi connectivity index (χ2n) is 8.24. The zero-order valence-electron chi connectivity index (χ0n) is 15.9. The Morgan fingerprint density at radius 3 is 2.41 bits per heavy atom. The number of hydrogen-bond donors (Lipinski definition) is 0. The second kappa shape index (κ2) is 6.26. The van der Waals surface area contributed by atoms with Gasteiger partial charge >= 0.3 is 0 Å². The predicted molar refractivity (Wildman–Crippen MR) is 109 cm³/mol. The summed E-state index contributed by atoms with van der Waals surface area (Å²) in [6.45, 7) is 2.84. The number of hydrazine groups is 1. The van der Waals surface area contributed by atoms with E-state index in [2.05, 4.69) is 77.6 Å². The lowest BCUT2D eigenvalue weighted by molar-refractivity contribution is -0.136. The number of amides is 1. The molecule has 3 nitrogen and oxygen atoms in total. The van der Waals surface area contributed by atoms with Crippen molar-refractivity contribution in [3.05, 3.63) is 71.8 Å². The molecule has 2 fully saturated rings. The van der Waals surface area contributed by atoms with Crippen molar-refractivity contribution >= 4 is 17.2 Å². The van der Waals surface area contributed by atoms with Crippen LogP contribution in [-0.4, -0.2) is 23.0 Å². The highest BCUT2D eigenvalue weighted by Crippen LogP contribution is 2.47. The van der Waals surface area contributed by atoms with Gasteiger partial charge in [0.1, 0.15) is 0 Å². The Morgan fingerprint density at radius 1 is 0.926 bits per heavy atom. The van der Waals surface area contributed by atoms with E-state index in [0.29, 0.717) is 0 Å². The highest BCUT2D eigenvalue weighted by Gasteiger charge is 2.50. The van der Waals surface area contributed by atoms with Crippen LogP contribution >= 0.6 is 0 Å². The number of anilines is 1. The molecule has 2 heterocycles. The van der Waals surface area contributed by atoms with Gasteiger partial charge in [0, 0.05) is 5.56 Å². The summed E-state index contributed by atoms with van der Waals surface area (Å²) in [5.41, 5.74) is 4.69. The second-order valence-corrected chi connectivity index (χ2v) is 8.24. The molecule has 1 saturated carbocycles. The molecule has 5 rings (SSSR count). The van der Waals surface area contributed by atoms with E-state index in [1.807, 2.05) is 0 Å². The van der Waals surface area contributed by atoms with Crippen LogP contribution in [0.2, 0.25) is 0 Å². The van der Waals surface area contributed by atoms with Crippen molar-refractivity contribution in [2.45, 2.75) is 44.6 Å². The Bertz CT molecular complexity index is 896. The lowest BCUT2D eigenvalue weighted by Crippen LogP contribution is -2.55. The third-order valence-corrected chi connectivity index (χ3v) is 6.43. The monoisotopic (exact) mass is 358 g/mol. The molecule has 1 atom stereocenters. The molecule has 2 aliphatic heterocycles. The first kappa shape index (κ1) is 16.6. The number of benzene rings is 2. The Hall–Kier alpha value is -2.55. The van der Waals surface area contributed by atoms with Gasteiger partial charge in [-0.1, -0.05) is 74.7 Å². The summed E-state index contributed by atoms with van der Waals surface area (Å²) in [6.07, 6.45) is 8.15. The van der Waals surface area contributed by atoms with Crippen LogP contribution in [0.25, 0.3) is 5.57 Å². The van der Waals surface area contributed by atoms with Crippen LogP contribution in [0.15, 0.2) is 60.7 Å². The Balaban J connectivity index is 1.78. The van der Waals surface area contributed by atoms with Gasteiger partial charge in [0.15, 0.2) is 0 Å². The topological polar surface area (TPSA) is 23.6 Å². The van der Waals surface area contributed by atoms with E-state index in [4.69, 9.17) is 0 Å². The van der Waals surface area contributed by atoms with Crippen LogP contribution in [0.1, 0.15) is 50.2 Å². The molecule has 0 aromatic heterocycles. The smallest absolute Gasteiger partial charge is 0.246 e. The van der Waals surface area contributed by atoms with Crippen molar-refractivity contribution in [3.8, 4) is 0 Å². The highest BCUT2D eigenvalue weighted by molar-refractivity contribution is 5.93. The van der Waals surface area contributed by atoms with Gasteiger partial charge in [0.25, 0.3) is 0 Å². The van der Waals surface area contributed by atoms with E-state index >= 15 is 0 Å².